The summed E-state index contributed by atoms with van der Waals surface area (Å²) in [6.45, 7) is 4.64. The summed E-state index contributed by atoms with van der Waals surface area (Å²) in [5.74, 6) is 1.02. The van der Waals surface area contributed by atoms with Crippen LogP contribution in [0, 0.1) is 5.41 Å². The van der Waals surface area contributed by atoms with Gasteiger partial charge < -0.3 is 10.6 Å². The molecule has 19 heavy (non-hydrogen) atoms. The quantitative estimate of drug-likeness (QED) is 0.704. The Morgan fingerprint density at radius 3 is 2.89 bits per heavy atom. The molecule has 0 aromatic carbocycles. The molecule has 1 aliphatic rings. The van der Waals surface area contributed by atoms with Crippen LogP contribution in [0.3, 0.4) is 0 Å². The summed E-state index contributed by atoms with van der Waals surface area (Å²) in [5.41, 5.74) is -0.165. The fourth-order valence-corrected chi connectivity index (χ4v) is 2.81. The first-order valence-electron chi connectivity index (χ1n) is 7.10. The summed E-state index contributed by atoms with van der Waals surface area (Å²) in [6.07, 6.45) is 6.09. The summed E-state index contributed by atoms with van der Waals surface area (Å²) in [5, 5.41) is 13.0. The Bertz CT molecular complexity index is 378. The molecule has 2 heterocycles. The Morgan fingerprint density at radius 2 is 2.26 bits per heavy atom. The molecule has 1 amide bonds. The highest BCUT2D eigenvalue weighted by molar-refractivity contribution is 5.82. The van der Waals surface area contributed by atoms with Crippen molar-refractivity contribution in [1.29, 1.82) is 0 Å². The molecule has 1 aromatic heterocycles. The van der Waals surface area contributed by atoms with Gasteiger partial charge in [0.25, 0.3) is 0 Å². The van der Waals surface area contributed by atoms with Crippen LogP contribution in [0.5, 0.6) is 0 Å². The van der Waals surface area contributed by atoms with Crippen LogP contribution in [0.1, 0.15) is 38.4 Å². The number of hydrogen-bond acceptors (Lipinski definition) is 4. The van der Waals surface area contributed by atoms with Gasteiger partial charge in [-0.05, 0) is 32.4 Å². The molecule has 1 aromatic rings. The molecular weight excluding hydrogens is 242 g/mol. The van der Waals surface area contributed by atoms with E-state index in [0.717, 1.165) is 44.6 Å². The zero-order valence-electron chi connectivity index (χ0n) is 11.5. The van der Waals surface area contributed by atoms with Crippen LogP contribution in [0.25, 0.3) is 0 Å². The minimum absolute atomic E-state index is 0.165. The number of amides is 1. The van der Waals surface area contributed by atoms with E-state index in [0.29, 0.717) is 13.0 Å². The number of H-pyrrole nitrogens is 1. The molecule has 1 saturated heterocycles. The second-order valence-corrected chi connectivity index (χ2v) is 5.22. The van der Waals surface area contributed by atoms with Crippen LogP contribution in [0.4, 0.5) is 0 Å². The van der Waals surface area contributed by atoms with Crippen molar-refractivity contribution in [2.45, 2.75) is 39.0 Å². The third kappa shape index (κ3) is 3.53. The lowest BCUT2D eigenvalue weighted by atomic mass is 9.74. The van der Waals surface area contributed by atoms with Gasteiger partial charge in [-0.15, -0.1) is 0 Å². The third-order valence-corrected chi connectivity index (χ3v) is 3.88. The number of aromatic amines is 1. The van der Waals surface area contributed by atoms with Gasteiger partial charge in [-0.2, -0.15) is 5.10 Å². The van der Waals surface area contributed by atoms with Crippen molar-refractivity contribution in [3.05, 3.63) is 12.2 Å². The lowest BCUT2D eigenvalue weighted by molar-refractivity contribution is -0.133. The number of carbonyl (C=O) groups is 1. The number of aromatic nitrogens is 3. The van der Waals surface area contributed by atoms with Gasteiger partial charge in [0, 0.05) is 13.0 Å². The van der Waals surface area contributed by atoms with Crippen molar-refractivity contribution in [2.75, 3.05) is 19.6 Å². The molecule has 0 saturated carbocycles. The first-order chi connectivity index (χ1) is 9.27. The average Bonchev–Trinajstić information content (AvgIpc) is 2.93. The van der Waals surface area contributed by atoms with Crippen LogP contribution in [-0.2, 0) is 11.2 Å². The van der Waals surface area contributed by atoms with E-state index in [4.69, 9.17) is 0 Å². The second kappa shape index (κ2) is 6.65. The number of hydrogen-bond donors (Lipinski definition) is 3. The molecule has 0 atom stereocenters. The molecule has 106 valence electrons. The van der Waals surface area contributed by atoms with E-state index in [1.54, 1.807) is 0 Å². The molecule has 0 unspecified atom stereocenters. The number of rotatable bonds is 6. The van der Waals surface area contributed by atoms with E-state index in [1.807, 2.05) is 0 Å². The fraction of sp³-hybridized carbons (Fsp3) is 0.769. The van der Waals surface area contributed by atoms with E-state index in [-0.39, 0.29) is 11.3 Å². The summed E-state index contributed by atoms with van der Waals surface area (Å²) in [6, 6.07) is 0. The predicted molar refractivity (Wildman–Crippen MR) is 72.5 cm³/mol. The van der Waals surface area contributed by atoms with Crippen LogP contribution in [0.15, 0.2) is 6.33 Å². The molecule has 3 N–H and O–H groups in total. The van der Waals surface area contributed by atoms with Gasteiger partial charge >= 0.3 is 0 Å². The van der Waals surface area contributed by atoms with Crippen LogP contribution < -0.4 is 10.6 Å². The SMILES string of the molecule is CCCC1(C(=O)NCCc2ncn[nH]2)CCNCC1. The van der Waals surface area contributed by atoms with Crippen LogP contribution in [0.2, 0.25) is 0 Å². The van der Waals surface area contributed by atoms with Crippen molar-refractivity contribution in [1.82, 2.24) is 25.8 Å². The zero-order chi connectivity index (χ0) is 13.6. The van der Waals surface area contributed by atoms with Gasteiger partial charge in [0.05, 0.1) is 5.41 Å². The predicted octanol–water partition coefficient (Wildman–Crippen LogP) is 0.633. The van der Waals surface area contributed by atoms with E-state index in [1.165, 1.54) is 6.33 Å². The fourth-order valence-electron chi connectivity index (χ4n) is 2.81. The molecule has 1 fully saturated rings. The first kappa shape index (κ1) is 14.0. The largest absolute Gasteiger partial charge is 0.355 e. The van der Waals surface area contributed by atoms with E-state index < -0.39 is 0 Å². The summed E-state index contributed by atoms with van der Waals surface area (Å²) in [4.78, 5) is 16.5. The van der Waals surface area contributed by atoms with Gasteiger partial charge in [-0.3, -0.25) is 9.89 Å². The standard InChI is InChI=1S/C13H23N5O/c1-2-4-13(5-8-14-9-6-13)12(19)15-7-3-11-16-10-17-18-11/h10,14H,2-9H2,1H3,(H,15,19)(H,16,17,18). The molecule has 0 spiro atoms. The van der Waals surface area contributed by atoms with Crippen molar-refractivity contribution in [3.63, 3.8) is 0 Å². The molecule has 6 nitrogen and oxygen atoms in total. The maximum absolute atomic E-state index is 12.5. The Balaban J connectivity index is 1.85. The van der Waals surface area contributed by atoms with Crippen molar-refractivity contribution >= 4 is 5.91 Å². The molecule has 0 aliphatic carbocycles. The van der Waals surface area contributed by atoms with E-state index in [2.05, 4.69) is 32.7 Å². The van der Waals surface area contributed by atoms with Crippen molar-refractivity contribution < 1.29 is 4.79 Å². The molecular formula is C13H23N5O. The number of carbonyl (C=O) groups excluding carboxylic acids is 1. The average molecular weight is 265 g/mol. The van der Waals surface area contributed by atoms with E-state index >= 15 is 0 Å². The molecule has 2 rings (SSSR count). The van der Waals surface area contributed by atoms with Crippen molar-refractivity contribution in [2.24, 2.45) is 5.41 Å². The number of piperidine rings is 1. The van der Waals surface area contributed by atoms with Crippen LogP contribution in [-0.4, -0.2) is 40.7 Å². The highest BCUT2D eigenvalue weighted by atomic mass is 16.2. The van der Waals surface area contributed by atoms with Gasteiger partial charge in [0.15, 0.2) is 0 Å². The number of nitrogens with zero attached hydrogens (tertiary/aromatic N) is 2. The minimum atomic E-state index is -0.165. The molecule has 6 heteroatoms. The van der Waals surface area contributed by atoms with Gasteiger partial charge in [-0.1, -0.05) is 13.3 Å². The zero-order valence-corrected chi connectivity index (χ0v) is 11.5. The van der Waals surface area contributed by atoms with Crippen molar-refractivity contribution in [3.8, 4) is 0 Å². The number of nitrogens with one attached hydrogen (secondary N) is 3. The normalized spacial score (nSPS) is 18.2. The third-order valence-electron chi connectivity index (χ3n) is 3.88. The highest BCUT2D eigenvalue weighted by Crippen LogP contribution is 2.34. The first-order valence-corrected chi connectivity index (χ1v) is 7.10. The van der Waals surface area contributed by atoms with E-state index in [9.17, 15) is 4.79 Å². The Kier molecular flexibility index (Phi) is 4.90. The molecule has 1 aliphatic heterocycles. The van der Waals surface area contributed by atoms with Crippen LogP contribution >= 0.6 is 0 Å². The maximum atomic E-state index is 12.5. The minimum Gasteiger partial charge on any atom is -0.355 e. The Hall–Kier alpha value is -1.43. The summed E-state index contributed by atoms with van der Waals surface area (Å²) >= 11 is 0. The molecule has 0 radical (unpaired) electrons. The smallest absolute Gasteiger partial charge is 0.226 e. The lowest BCUT2D eigenvalue weighted by Crippen LogP contribution is -2.48. The second-order valence-electron chi connectivity index (χ2n) is 5.22. The van der Waals surface area contributed by atoms with Gasteiger partial charge in [0.1, 0.15) is 12.2 Å². The van der Waals surface area contributed by atoms with Gasteiger partial charge in [0.2, 0.25) is 5.91 Å². The summed E-state index contributed by atoms with van der Waals surface area (Å²) in [7, 11) is 0. The lowest BCUT2D eigenvalue weighted by Gasteiger charge is -2.36. The topological polar surface area (TPSA) is 82.7 Å². The monoisotopic (exact) mass is 265 g/mol. The maximum Gasteiger partial charge on any atom is 0.226 e. The Morgan fingerprint density at radius 1 is 1.47 bits per heavy atom. The molecule has 0 bridgehead atoms. The Labute approximate surface area is 113 Å². The summed E-state index contributed by atoms with van der Waals surface area (Å²) < 4.78 is 0. The highest BCUT2D eigenvalue weighted by Gasteiger charge is 2.38. The van der Waals surface area contributed by atoms with Gasteiger partial charge in [-0.25, -0.2) is 4.98 Å².